The van der Waals surface area contributed by atoms with Crippen LogP contribution in [0.3, 0.4) is 0 Å². The predicted octanol–water partition coefficient (Wildman–Crippen LogP) is 1.85. The molecule has 3 atom stereocenters. The average Bonchev–Trinajstić information content (AvgIpc) is 3.06. The molecular weight excluding hydrogens is 274 g/mol. The van der Waals surface area contributed by atoms with Gasteiger partial charge in [0.25, 0.3) is 0 Å². The van der Waals surface area contributed by atoms with E-state index in [1.54, 1.807) is 0 Å². The maximum Gasteiger partial charge on any atom is 0.239 e. The Hall–Kier alpha value is -1.39. The molecule has 1 aromatic carbocycles. The number of piperazine rings is 1. The van der Waals surface area contributed by atoms with Gasteiger partial charge in [0.05, 0.1) is 6.04 Å². The van der Waals surface area contributed by atoms with Crippen molar-refractivity contribution in [3.05, 3.63) is 35.9 Å². The molecule has 3 rings (SSSR count). The second kappa shape index (κ2) is 6.39. The van der Waals surface area contributed by atoms with Crippen LogP contribution in [0.4, 0.5) is 0 Å². The summed E-state index contributed by atoms with van der Waals surface area (Å²) in [6, 6.07) is 11.1. The molecule has 0 aromatic heterocycles. The van der Waals surface area contributed by atoms with Gasteiger partial charge in [-0.25, -0.2) is 0 Å². The van der Waals surface area contributed by atoms with E-state index in [9.17, 15) is 4.79 Å². The SMILES string of the molecule is CC(C)C[C@H](N)C(=O)N1C[C@H]2C[C@@H]1CN2Cc1ccccc1. The van der Waals surface area contributed by atoms with Crippen LogP contribution in [0.15, 0.2) is 30.3 Å². The van der Waals surface area contributed by atoms with Gasteiger partial charge in [0.2, 0.25) is 5.91 Å². The van der Waals surface area contributed by atoms with Crippen LogP contribution in [0.5, 0.6) is 0 Å². The number of amides is 1. The first-order valence-electron chi connectivity index (χ1n) is 8.38. The predicted molar refractivity (Wildman–Crippen MR) is 88.2 cm³/mol. The Bertz CT molecular complexity index is 516. The summed E-state index contributed by atoms with van der Waals surface area (Å²) < 4.78 is 0. The van der Waals surface area contributed by atoms with Crippen molar-refractivity contribution in [3.63, 3.8) is 0 Å². The maximum atomic E-state index is 12.5. The van der Waals surface area contributed by atoms with Crippen molar-refractivity contribution in [2.24, 2.45) is 11.7 Å². The number of rotatable bonds is 5. The third-order valence-electron chi connectivity index (χ3n) is 4.91. The van der Waals surface area contributed by atoms with Gasteiger partial charge in [-0.05, 0) is 24.3 Å². The lowest BCUT2D eigenvalue weighted by Crippen LogP contribution is -2.53. The first-order chi connectivity index (χ1) is 10.5. The Morgan fingerprint density at radius 3 is 2.55 bits per heavy atom. The van der Waals surface area contributed by atoms with Gasteiger partial charge in [-0.15, -0.1) is 0 Å². The number of carbonyl (C=O) groups is 1. The molecule has 2 heterocycles. The molecule has 2 saturated heterocycles. The van der Waals surface area contributed by atoms with Crippen LogP contribution < -0.4 is 5.73 Å². The van der Waals surface area contributed by atoms with Gasteiger partial charge in [0.1, 0.15) is 0 Å². The van der Waals surface area contributed by atoms with Gasteiger partial charge in [-0.3, -0.25) is 9.69 Å². The number of carbonyl (C=O) groups excluding carboxylic acids is 1. The van der Waals surface area contributed by atoms with Crippen LogP contribution >= 0.6 is 0 Å². The summed E-state index contributed by atoms with van der Waals surface area (Å²) in [5.74, 6) is 0.619. The summed E-state index contributed by atoms with van der Waals surface area (Å²) in [6.07, 6.45) is 1.88. The number of hydrogen-bond donors (Lipinski definition) is 1. The second-order valence-corrected chi connectivity index (χ2v) is 7.19. The minimum absolute atomic E-state index is 0.153. The minimum atomic E-state index is -0.332. The van der Waals surface area contributed by atoms with Gasteiger partial charge < -0.3 is 10.6 Å². The van der Waals surface area contributed by atoms with Crippen LogP contribution in [-0.4, -0.2) is 46.9 Å². The number of nitrogens with two attached hydrogens (primary N) is 1. The molecule has 0 saturated carbocycles. The molecule has 0 spiro atoms. The molecule has 2 aliphatic heterocycles. The Morgan fingerprint density at radius 1 is 1.23 bits per heavy atom. The van der Waals surface area contributed by atoms with E-state index < -0.39 is 0 Å². The summed E-state index contributed by atoms with van der Waals surface area (Å²) in [4.78, 5) is 17.1. The largest absolute Gasteiger partial charge is 0.335 e. The zero-order valence-corrected chi connectivity index (χ0v) is 13.6. The molecule has 1 amide bonds. The topological polar surface area (TPSA) is 49.6 Å². The van der Waals surface area contributed by atoms with Crippen molar-refractivity contribution in [2.45, 2.75) is 51.4 Å². The van der Waals surface area contributed by atoms with Gasteiger partial charge in [0.15, 0.2) is 0 Å². The molecule has 4 nitrogen and oxygen atoms in total. The van der Waals surface area contributed by atoms with Crippen molar-refractivity contribution in [1.82, 2.24) is 9.80 Å². The molecule has 2 aliphatic rings. The average molecular weight is 301 g/mol. The number of likely N-dealkylation sites (tertiary alicyclic amines) is 2. The van der Waals surface area contributed by atoms with Crippen molar-refractivity contribution < 1.29 is 4.79 Å². The van der Waals surface area contributed by atoms with E-state index in [1.807, 2.05) is 4.90 Å². The van der Waals surface area contributed by atoms with Crippen molar-refractivity contribution in [2.75, 3.05) is 13.1 Å². The van der Waals surface area contributed by atoms with Crippen LogP contribution in [0.1, 0.15) is 32.3 Å². The van der Waals surface area contributed by atoms with E-state index in [4.69, 9.17) is 5.73 Å². The minimum Gasteiger partial charge on any atom is -0.335 e. The molecule has 2 N–H and O–H groups in total. The fourth-order valence-electron chi connectivity index (χ4n) is 3.85. The van der Waals surface area contributed by atoms with E-state index in [1.165, 1.54) is 5.56 Å². The summed E-state index contributed by atoms with van der Waals surface area (Å²) in [5.41, 5.74) is 7.43. The van der Waals surface area contributed by atoms with Crippen molar-refractivity contribution >= 4 is 5.91 Å². The van der Waals surface area contributed by atoms with Crippen LogP contribution in [0.2, 0.25) is 0 Å². The molecule has 4 heteroatoms. The van der Waals surface area contributed by atoms with E-state index in [0.29, 0.717) is 18.0 Å². The smallest absolute Gasteiger partial charge is 0.239 e. The molecule has 0 radical (unpaired) electrons. The molecule has 1 aromatic rings. The van der Waals surface area contributed by atoms with E-state index in [2.05, 4.69) is 49.1 Å². The standard InChI is InChI=1S/C18H27N3O/c1-13(2)8-17(19)18(22)21-12-15-9-16(21)11-20(15)10-14-6-4-3-5-7-14/h3-7,13,15-17H,8-12,19H2,1-2H3/t15-,16-,17+/m1/s1. The third kappa shape index (κ3) is 3.18. The van der Waals surface area contributed by atoms with Crippen molar-refractivity contribution in [3.8, 4) is 0 Å². The zero-order valence-electron chi connectivity index (χ0n) is 13.6. The number of hydrogen-bond acceptors (Lipinski definition) is 3. The highest BCUT2D eigenvalue weighted by Gasteiger charge is 2.45. The van der Waals surface area contributed by atoms with Crippen molar-refractivity contribution in [1.29, 1.82) is 0 Å². The highest BCUT2D eigenvalue weighted by molar-refractivity contribution is 5.82. The molecule has 22 heavy (non-hydrogen) atoms. The fourth-order valence-corrected chi connectivity index (χ4v) is 3.85. The lowest BCUT2D eigenvalue weighted by Gasteiger charge is -2.35. The Labute approximate surface area is 133 Å². The second-order valence-electron chi connectivity index (χ2n) is 7.19. The van der Waals surface area contributed by atoms with Crippen LogP contribution in [0, 0.1) is 5.92 Å². The lowest BCUT2D eigenvalue weighted by atomic mass is 10.0. The fraction of sp³-hybridized carbons (Fsp3) is 0.611. The monoisotopic (exact) mass is 301 g/mol. The van der Waals surface area contributed by atoms with Gasteiger partial charge >= 0.3 is 0 Å². The van der Waals surface area contributed by atoms with Crippen LogP contribution in [-0.2, 0) is 11.3 Å². The molecule has 2 fully saturated rings. The number of benzene rings is 1. The van der Waals surface area contributed by atoms with Gasteiger partial charge in [-0.1, -0.05) is 44.2 Å². The summed E-state index contributed by atoms with van der Waals surface area (Å²) in [5, 5.41) is 0. The van der Waals surface area contributed by atoms with Gasteiger partial charge in [-0.2, -0.15) is 0 Å². The maximum absolute atomic E-state index is 12.5. The quantitative estimate of drug-likeness (QED) is 0.903. The molecule has 0 aliphatic carbocycles. The molecule has 2 bridgehead atoms. The first kappa shape index (κ1) is 15.5. The van der Waals surface area contributed by atoms with Crippen LogP contribution in [0.25, 0.3) is 0 Å². The zero-order chi connectivity index (χ0) is 15.7. The number of fused-ring (bicyclic) bond motifs is 2. The van der Waals surface area contributed by atoms with E-state index >= 15 is 0 Å². The van der Waals surface area contributed by atoms with E-state index in [0.717, 1.165) is 32.5 Å². The van der Waals surface area contributed by atoms with Gasteiger partial charge in [0, 0.05) is 31.7 Å². The number of nitrogens with zero attached hydrogens (tertiary/aromatic N) is 2. The Morgan fingerprint density at radius 2 is 1.95 bits per heavy atom. The summed E-state index contributed by atoms with van der Waals surface area (Å²) in [7, 11) is 0. The summed E-state index contributed by atoms with van der Waals surface area (Å²) in [6.45, 7) is 7.06. The summed E-state index contributed by atoms with van der Waals surface area (Å²) >= 11 is 0. The molecule has 120 valence electrons. The molecule has 0 unspecified atom stereocenters. The molecular formula is C18H27N3O. The Kier molecular flexibility index (Phi) is 4.50. The lowest BCUT2D eigenvalue weighted by molar-refractivity contribution is -0.135. The Balaban J connectivity index is 1.56. The normalized spacial score (nSPS) is 25.9. The highest BCUT2D eigenvalue weighted by Crippen LogP contribution is 2.32. The first-order valence-corrected chi connectivity index (χ1v) is 8.38. The highest BCUT2D eigenvalue weighted by atomic mass is 16.2. The van der Waals surface area contributed by atoms with E-state index in [-0.39, 0.29) is 11.9 Å². The third-order valence-corrected chi connectivity index (χ3v) is 4.91.